The summed E-state index contributed by atoms with van der Waals surface area (Å²) in [5, 5.41) is 12.2. The van der Waals surface area contributed by atoms with Crippen LogP contribution in [0.4, 0.5) is 4.79 Å². The van der Waals surface area contributed by atoms with Crippen LogP contribution in [0.2, 0.25) is 5.02 Å². The van der Waals surface area contributed by atoms with E-state index >= 15 is 0 Å². The molecule has 1 unspecified atom stereocenters. The normalized spacial score (nSPS) is 11.7. The lowest BCUT2D eigenvalue weighted by Crippen LogP contribution is -2.41. The summed E-state index contributed by atoms with van der Waals surface area (Å²) >= 11 is 5.99. The molecular formula is C16H23ClN2O4. The number of carbonyl (C=O) groups excluding carboxylic acids is 1. The summed E-state index contributed by atoms with van der Waals surface area (Å²) in [4.78, 5) is 24.1. The van der Waals surface area contributed by atoms with Crippen LogP contribution in [0.15, 0.2) is 18.2 Å². The maximum atomic E-state index is 11.9. The molecule has 2 N–H and O–H groups in total. The summed E-state index contributed by atoms with van der Waals surface area (Å²) in [7, 11) is 1.57. The highest BCUT2D eigenvalue weighted by atomic mass is 35.5. The third kappa shape index (κ3) is 6.36. The van der Waals surface area contributed by atoms with Crippen LogP contribution in [0.5, 0.6) is 5.75 Å². The number of benzene rings is 1. The number of carboxylic acid groups (broad SMARTS) is 1. The van der Waals surface area contributed by atoms with Crippen LogP contribution in [-0.4, -0.2) is 48.8 Å². The van der Waals surface area contributed by atoms with Crippen LogP contribution in [0, 0.1) is 5.92 Å². The summed E-state index contributed by atoms with van der Waals surface area (Å²) in [5.74, 6) is -0.785. The molecule has 0 heterocycles. The average molecular weight is 343 g/mol. The fourth-order valence-corrected chi connectivity index (χ4v) is 2.25. The van der Waals surface area contributed by atoms with Gasteiger partial charge in [-0.2, -0.15) is 0 Å². The summed E-state index contributed by atoms with van der Waals surface area (Å²) in [5.41, 5.74) is 0.918. The largest absolute Gasteiger partial charge is 0.494 e. The van der Waals surface area contributed by atoms with Gasteiger partial charge in [-0.05, 0) is 37.1 Å². The number of aliphatic carboxylic acids is 1. The molecular weight excluding hydrogens is 320 g/mol. The summed E-state index contributed by atoms with van der Waals surface area (Å²) in [6.07, 6.45) is 0.573. The van der Waals surface area contributed by atoms with Gasteiger partial charge in [0.1, 0.15) is 5.75 Å². The molecule has 0 bridgehead atoms. The molecule has 1 atom stereocenters. The van der Waals surface area contributed by atoms with Crippen molar-refractivity contribution < 1.29 is 19.4 Å². The summed E-state index contributed by atoms with van der Waals surface area (Å²) < 4.78 is 5.53. The minimum Gasteiger partial charge on any atom is -0.494 e. The van der Waals surface area contributed by atoms with Crippen LogP contribution >= 0.6 is 11.6 Å². The highest BCUT2D eigenvalue weighted by molar-refractivity contribution is 6.30. The van der Waals surface area contributed by atoms with E-state index in [4.69, 9.17) is 21.4 Å². The third-order valence-corrected chi connectivity index (χ3v) is 3.54. The van der Waals surface area contributed by atoms with E-state index in [1.165, 1.54) is 4.90 Å². The fraction of sp³-hybridized carbons (Fsp3) is 0.500. The van der Waals surface area contributed by atoms with Crippen molar-refractivity contribution in [1.29, 1.82) is 0 Å². The van der Waals surface area contributed by atoms with Crippen molar-refractivity contribution in [1.82, 2.24) is 10.2 Å². The number of carboxylic acids is 1. The minimum atomic E-state index is -0.926. The predicted molar refractivity (Wildman–Crippen MR) is 89.2 cm³/mol. The smallest absolute Gasteiger partial charge is 0.317 e. The standard InChI is InChI=1S/C16H23ClN2O4/c1-4-23-14-6-5-13(17)9-12(14)7-8-18-16(22)19(3)10-11(2)15(20)21/h5-6,9,11H,4,7-8,10H2,1-3H3,(H,18,22)(H,20,21). The number of nitrogens with one attached hydrogen (secondary N) is 1. The summed E-state index contributed by atoms with van der Waals surface area (Å²) in [6, 6.07) is 5.08. The van der Waals surface area contributed by atoms with Gasteiger partial charge in [0.2, 0.25) is 0 Å². The number of halogens is 1. The van der Waals surface area contributed by atoms with E-state index in [1.54, 1.807) is 20.0 Å². The number of hydrogen-bond donors (Lipinski definition) is 2. The van der Waals surface area contributed by atoms with Crippen molar-refractivity contribution in [2.45, 2.75) is 20.3 Å². The Morgan fingerprint density at radius 1 is 1.43 bits per heavy atom. The Balaban J connectivity index is 2.51. The first kappa shape index (κ1) is 19.1. The van der Waals surface area contributed by atoms with Crippen LogP contribution < -0.4 is 10.1 Å². The van der Waals surface area contributed by atoms with Crippen LogP contribution in [0.25, 0.3) is 0 Å². The van der Waals surface area contributed by atoms with Gasteiger partial charge in [0, 0.05) is 25.2 Å². The van der Waals surface area contributed by atoms with E-state index in [0.29, 0.717) is 24.6 Å². The first-order chi connectivity index (χ1) is 10.8. The van der Waals surface area contributed by atoms with Gasteiger partial charge in [-0.3, -0.25) is 4.79 Å². The van der Waals surface area contributed by atoms with E-state index in [2.05, 4.69) is 5.32 Å². The second-order valence-corrected chi connectivity index (χ2v) is 5.72. The lowest BCUT2D eigenvalue weighted by atomic mass is 10.1. The SMILES string of the molecule is CCOc1ccc(Cl)cc1CCNC(=O)N(C)CC(C)C(=O)O. The molecule has 6 nitrogen and oxygen atoms in total. The van der Waals surface area contributed by atoms with E-state index in [0.717, 1.165) is 11.3 Å². The van der Waals surface area contributed by atoms with Crippen molar-refractivity contribution >= 4 is 23.6 Å². The number of carbonyl (C=O) groups is 2. The molecule has 0 aliphatic heterocycles. The molecule has 1 rings (SSSR count). The van der Waals surface area contributed by atoms with E-state index in [1.807, 2.05) is 19.1 Å². The highest BCUT2D eigenvalue weighted by Gasteiger charge is 2.17. The van der Waals surface area contributed by atoms with Crippen LogP contribution in [-0.2, 0) is 11.2 Å². The molecule has 0 saturated heterocycles. The van der Waals surface area contributed by atoms with Gasteiger partial charge in [-0.25, -0.2) is 4.79 Å². The molecule has 0 saturated carbocycles. The van der Waals surface area contributed by atoms with E-state index in [-0.39, 0.29) is 12.6 Å². The number of amides is 2. The van der Waals surface area contributed by atoms with Gasteiger partial charge < -0.3 is 20.1 Å². The molecule has 2 amide bonds. The zero-order valence-corrected chi connectivity index (χ0v) is 14.4. The maximum Gasteiger partial charge on any atom is 0.317 e. The first-order valence-electron chi connectivity index (χ1n) is 7.48. The number of rotatable bonds is 8. The van der Waals surface area contributed by atoms with Gasteiger partial charge in [-0.15, -0.1) is 0 Å². The maximum absolute atomic E-state index is 11.9. The molecule has 0 aliphatic carbocycles. The van der Waals surface area contributed by atoms with E-state index in [9.17, 15) is 9.59 Å². The van der Waals surface area contributed by atoms with Gasteiger partial charge >= 0.3 is 12.0 Å². The Kier molecular flexibility index (Phi) is 7.68. The molecule has 7 heteroatoms. The van der Waals surface area contributed by atoms with Crippen molar-refractivity contribution in [2.75, 3.05) is 26.7 Å². The molecule has 128 valence electrons. The molecule has 0 fully saturated rings. The van der Waals surface area contributed by atoms with Crippen LogP contribution in [0.1, 0.15) is 19.4 Å². The third-order valence-electron chi connectivity index (χ3n) is 3.31. The zero-order valence-electron chi connectivity index (χ0n) is 13.6. The molecule has 1 aromatic rings. The quantitative estimate of drug-likeness (QED) is 0.761. The first-order valence-corrected chi connectivity index (χ1v) is 7.86. The van der Waals surface area contributed by atoms with Crippen molar-refractivity contribution in [3.8, 4) is 5.75 Å². The number of hydrogen-bond acceptors (Lipinski definition) is 3. The molecule has 0 aromatic heterocycles. The number of nitrogens with zero attached hydrogens (tertiary/aromatic N) is 1. The van der Waals surface area contributed by atoms with E-state index < -0.39 is 11.9 Å². The lowest BCUT2D eigenvalue weighted by Gasteiger charge is -2.20. The zero-order chi connectivity index (χ0) is 17.4. The number of ether oxygens (including phenoxy) is 1. The fourth-order valence-electron chi connectivity index (χ4n) is 2.05. The van der Waals surface area contributed by atoms with Crippen molar-refractivity contribution in [3.05, 3.63) is 28.8 Å². The van der Waals surface area contributed by atoms with Gasteiger partial charge in [-0.1, -0.05) is 18.5 Å². The summed E-state index contributed by atoms with van der Waals surface area (Å²) in [6.45, 7) is 4.58. The molecule has 0 spiro atoms. The second-order valence-electron chi connectivity index (χ2n) is 5.29. The lowest BCUT2D eigenvalue weighted by molar-refractivity contribution is -0.141. The van der Waals surface area contributed by atoms with Crippen LogP contribution in [0.3, 0.4) is 0 Å². The Bertz CT molecular complexity index is 551. The second kappa shape index (κ2) is 9.25. The molecule has 0 radical (unpaired) electrons. The van der Waals surface area contributed by atoms with Crippen molar-refractivity contribution in [2.24, 2.45) is 5.92 Å². The molecule has 23 heavy (non-hydrogen) atoms. The Morgan fingerprint density at radius 3 is 2.74 bits per heavy atom. The van der Waals surface area contributed by atoms with Crippen molar-refractivity contribution in [3.63, 3.8) is 0 Å². The topological polar surface area (TPSA) is 78.9 Å². The van der Waals surface area contributed by atoms with Gasteiger partial charge in [0.05, 0.1) is 12.5 Å². The molecule has 1 aromatic carbocycles. The Hall–Kier alpha value is -1.95. The predicted octanol–water partition coefficient (Wildman–Crippen LogP) is 2.64. The Morgan fingerprint density at radius 2 is 2.13 bits per heavy atom. The average Bonchev–Trinajstić information content (AvgIpc) is 2.49. The van der Waals surface area contributed by atoms with Gasteiger partial charge in [0.15, 0.2) is 0 Å². The van der Waals surface area contributed by atoms with Gasteiger partial charge in [0.25, 0.3) is 0 Å². The monoisotopic (exact) mass is 342 g/mol. The minimum absolute atomic E-state index is 0.155. The Labute approximate surface area is 141 Å². The number of urea groups is 1. The molecule has 0 aliphatic rings. The highest BCUT2D eigenvalue weighted by Crippen LogP contribution is 2.23.